The zero-order valence-electron chi connectivity index (χ0n) is 12.0. The van der Waals surface area contributed by atoms with E-state index < -0.39 is 0 Å². The molecule has 0 aromatic heterocycles. The molecule has 2 aromatic carbocycles. The maximum absolute atomic E-state index is 12.1. The zero-order valence-corrected chi connectivity index (χ0v) is 12.0. The molecular weight excluding hydrogens is 256 g/mol. The van der Waals surface area contributed by atoms with Crippen molar-refractivity contribution in [3.05, 3.63) is 71.8 Å². The summed E-state index contributed by atoms with van der Waals surface area (Å²) >= 11 is 0. The summed E-state index contributed by atoms with van der Waals surface area (Å²) in [6.45, 7) is 0. The van der Waals surface area contributed by atoms with Gasteiger partial charge in [-0.25, -0.2) is 0 Å². The fraction of sp³-hybridized carbons (Fsp3) is 0.250. The first-order valence-electron chi connectivity index (χ1n) is 7.49. The van der Waals surface area contributed by atoms with Gasteiger partial charge in [-0.2, -0.15) is 0 Å². The number of hydrogen-bond acceptors (Lipinski definition) is 1. The van der Waals surface area contributed by atoms with E-state index in [4.69, 9.17) is 0 Å². The van der Waals surface area contributed by atoms with Crippen LogP contribution in [0.3, 0.4) is 0 Å². The first-order chi connectivity index (χ1) is 10.3. The van der Waals surface area contributed by atoms with Crippen LogP contribution in [0.1, 0.15) is 36.3 Å². The largest absolute Gasteiger partial charge is 0.299 e. The second-order valence-electron chi connectivity index (χ2n) is 5.49. The van der Waals surface area contributed by atoms with Crippen molar-refractivity contribution in [2.45, 2.75) is 25.2 Å². The molecular formula is C20H18O. The van der Waals surface area contributed by atoms with Crippen molar-refractivity contribution in [1.29, 1.82) is 0 Å². The molecule has 0 amide bonds. The molecule has 1 saturated carbocycles. The molecule has 0 aliphatic heterocycles. The third kappa shape index (κ3) is 3.23. The van der Waals surface area contributed by atoms with Crippen molar-refractivity contribution in [3.8, 4) is 11.8 Å². The van der Waals surface area contributed by atoms with Crippen molar-refractivity contribution >= 4 is 5.78 Å². The topological polar surface area (TPSA) is 17.1 Å². The van der Waals surface area contributed by atoms with Gasteiger partial charge in [0, 0.05) is 17.9 Å². The van der Waals surface area contributed by atoms with Crippen molar-refractivity contribution < 1.29 is 4.79 Å². The Hall–Kier alpha value is -2.33. The van der Waals surface area contributed by atoms with Crippen molar-refractivity contribution in [3.63, 3.8) is 0 Å². The number of hydrogen-bond donors (Lipinski definition) is 0. The summed E-state index contributed by atoms with van der Waals surface area (Å²) in [6, 6.07) is 20.2. The van der Waals surface area contributed by atoms with Gasteiger partial charge < -0.3 is 0 Å². The number of carbonyl (C=O) groups is 1. The number of rotatable bonds is 2. The summed E-state index contributed by atoms with van der Waals surface area (Å²) in [7, 11) is 0. The van der Waals surface area contributed by atoms with Crippen LogP contribution in [0.4, 0.5) is 0 Å². The summed E-state index contributed by atoms with van der Waals surface area (Å²) < 4.78 is 0. The SMILES string of the molecule is O=C1CCCC1C(C#Cc1ccccc1)c1ccccc1. The van der Waals surface area contributed by atoms with E-state index in [-0.39, 0.29) is 11.8 Å². The molecule has 0 spiro atoms. The average molecular weight is 274 g/mol. The van der Waals surface area contributed by atoms with Gasteiger partial charge in [-0.3, -0.25) is 4.79 Å². The highest BCUT2D eigenvalue weighted by Crippen LogP contribution is 2.34. The van der Waals surface area contributed by atoms with E-state index in [2.05, 4.69) is 24.0 Å². The molecule has 0 heterocycles. The molecule has 1 aliphatic rings. The highest BCUT2D eigenvalue weighted by atomic mass is 16.1. The Bertz CT molecular complexity index is 661. The lowest BCUT2D eigenvalue weighted by molar-refractivity contribution is -0.120. The van der Waals surface area contributed by atoms with Crippen molar-refractivity contribution in [2.75, 3.05) is 0 Å². The molecule has 0 bridgehead atoms. The molecule has 0 radical (unpaired) electrons. The maximum Gasteiger partial charge on any atom is 0.137 e. The minimum atomic E-state index is 0.0152. The predicted octanol–water partition coefficient (Wildman–Crippen LogP) is 4.19. The second kappa shape index (κ2) is 6.41. The lowest BCUT2D eigenvalue weighted by Gasteiger charge is -2.17. The molecule has 3 rings (SSSR count). The number of ketones is 1. The van der Waals surface area contributed by atoms with E-state index >= 15 is 0 Å². The summed E-state index contributed by atoms with van der Waals surface area (Å²) in [5.74, 6) is 7.03. The normalized spacial score (nSPS) is 18.9. The van der Waals surface area contributed by atoms with Crippen LogP contribution >= 0.6 is 0 Å². The monoisotopic (exact) mass is 274 g/mol. The van der Waals surface area contributed by atoms with Gasteiger partial charge in [-0.15, -0.1) is 0 Å². The molecule has 1 heteroatoms. The molecule has 104 valence electrons. The molecule has 2 atom stereocenters. The summed E-state index contributed by atoms with van der Waals surface area (Å²) in [5.41, 5.74) is 2.16. The molecule has 2 aromatic rings. The third-order valence-electron chi connectivity index (χ3n) is 4.06. The summed E-state index contributed by atoms with van der Waals surface area (Å²) in [6.07, 6.45) is 2.67. The smallest absolute Gasteiger partial charge is 0.137 e. The standard InChI is InChI=1S/C20H18O/c21-20-13-7-12-19(20)18(17-10-5-2-6-11-17)15-14-16-8-3-1-4-9-16/h1-6,8-11,18-19H,7,12-13H2. The molecule has 21 heavy (non-hydrogen) atoms. The minimum Gasteiger partial charge on any atom is -0.299 e. The highest BCUT2D eigenvalue weighted by Gasteiger charge is 2.31. The summed E-state index contributed by atoms with van der Waals surface area (Å²) in [5, 5.41) is 0. The van der Waals surface area contributed by atoms with Crippen molar-refractivity contribution in [2.24, 2.45) is 5.92 Å². The van der Waals surface area contributed by atoms with Crippen LogP contribution in [-0.4, -0.2) is 5.78 Å². The van der Waals surface area contributed by atoms with Crippen LogP contribution in [0.15, 0.2) is 60.7 Å². The average Bonchev–Trinajstić information content (AvgIpc) is 2.96. The Kier molecular flexibility index (Phi) is 4.17. The van der Waals surface area contributed by atoms with Crippen LogP contribution in [0.5, 0.6) is 0 Å². The van der Waals surface area contributed by atoms with Crippen LogP contribution in [0.2, 0.25) is 0 Å². The Morgan fingerprint density at radius 3 is 2.24 bits per heavy atom. The Balaban J connectivity index is 1.93. The molecule has 1 aliphatic carbocycles. The van der Waals surface area contributed by atoms with Gasteiger partial charge in [0.25, 0.3) is 0 Å². The fourth-order valence-corrected chi connectivity index (χ4v) is 2.95. The Morgan fingerprint density at radius 1 is 0.952 bits per heavy atom. The zero-order chi connectivity index (χ0) is 14.5. The molecule has 1 nitrogen and oxygen atoms in total. The lowest BCUT2D eigenvalue weighted by atomic mass is 9.84. The molecule has 2 unspecified atom stereocenters. The first kappa shape index (κ1) is 13.6. The predicted molar refractivity (Wildman–Crippen MR) is 84.9 cm³/mol. The van der Waals surface area contributed by atoms with Gasteiger partial charge in [0.2, 0.25) is 0 Å². The van der Waals surface area contributed by atoms with E-state index in [9.17, 15) is 4.79 Å². The number of carbonyl (C=O) groups excluding carboxylic acids is 1. The van der Waals surface area contributed by atoms with Crippen LogP contribution in [0.25, 0.3) is 0 Å². The number of benzene rings is 2. The first-order valence-corrected chi connectivity index (χ1v) is 7.49. The lowest BCUT2D eigenvalue weighted by Crippen LogP contribution is -2.16. The van der Waals surface area contributed by atoms with Gasteiger partial charge in [0.1, 0.15) is 5.78 Å². The molecule has 0 saturated heterocycles. The quantitative estimate of drug-likeness (QED) is 0.750. The van der Waals surface area contributed by atoms with Crippen LogP contribution < -0.4 is 0 Å². The van der Waals surface area contributed by atoms with Gasteiger partial charge in [0.15, 0.2) is 0 Å². The third-order valence-corrected chi connectivity index (χ3v) is 4.06. The van der Waals surface area contributed by atoms with Gasteiger partial charge in [-0.05, 0) is 30.5 Å². The molecule has 1 fully saturated rings. The van der Waals surface area contributed by atoms with E-state index in [0.29, 0.717) is 12.2 Å². The van der Waals surface area contributed by atoms with E-state index in [1.54, 1.807) is 0 Å². The van der Waals surface area contributed by atoms with Crippen LogP contribution in [0, 0.1) is 17.8 Å². The summed E-state index contributed by atoms with van der Waals surface area (Å²) in [4.78, 5) is 12.1. The maximum atomic E-state index is 12.1. The van der Waals surface area contributed by atoms with Gasteiger partial charge in [0.05, 0.1) is 5.92 Å². The van der Waals surface area contributed by atoms with Crippen molar-refractivity contribution in [1.82, 2.24) is 0 Å². The molecule has 0 N–H and O–H groups in total. The van der Waals surface area contributed by atoms with E-state index in [1.807, 2.05) is 48.5 Å². The Labute approximate surface area is 126 Å². The van der Waals surface area contributed by atoms with E-state index in [1.165, 1.54) is 0 Å². The minimum absolute atomic E-state index is 0.0152. The van der Waals surface area contributed by atoms with Gasteiger partial charge in [-0.1, -0.05) is 60.4 Å². The van der Waals surface area contributed by atoms with E-state index in [0.717, 1.165) is 24.0 Å². The Morgan fingerprint density at radius 2 is 1.62 bits per heavy atom. The highest BCUT2D eigenvalue weighted by molar-refractivity contribution is 5.84. The van der Waals surface area contributed by atoms with Crippen LogP contribution in [-0.2, 0) is 4.79 Å². The second-order valence-corrected chi connectivity index (χ2v) is 5.49. The number of Topliss-reactive ketones (excluding diaryl/α,β-unsaturated/α-hetero) is 1. The van der Waals surface area contributed by atoms with Gasteiger partial charge >= 0.3 is 0 Å². The fourth-order valence-electron chi connectivity index (χ4n) is 2.95.